The molecule has 2 aliphatic heterocycles. The van der Waals surface area contributed by atoms with Crippen LogP contribution in [0, 0.1) is 13.8 Å². The summed E-state index contributed by atoms with van der Waals surface area (Å²) < 4.78 is 5.51. The van der Waals surface area contributed by atoms with Crippen molar-refractivity contribution < 1.29 is 9.21 Å². The molecule has 0 spiro atoms. The lowest BCUT2D eigenvalue weighted by molar-refractivity contribution is 0.0744. The summed E-state index contributed by atoms with van der Waals surface area (Å²) >= 11 is 0. The molecule has 0 aliphatic carbocycles. The van der Waals surface area contributed by atoms with Gasteiger partial charge in [-0.15, -0.1) is 10.2 Å². The number of piperidine rings is 1. The number of piperazine rings is 1. The molecule has 7 nitrogen and oxygen atoms in total. The van der Waals surface area contributed by atoms with E-state index in [0.29, 0.717) is 30.5 Å². The van der Waals surface area contributed by atoms with Crippen molar-refractivity contribution >= 4 is 17.5 Å². The molecule has 2 fully saturated rings. The van der Waals surface area contributed by atoms with Gasteiger partial charge in [0.15, 0.2) is 11.6 Å². The highest BCUT2D eigenvalue weighted by molar-refractivity contribution is 5.95. The average molecular weight is 383 g/mol. The number of aryl methyl sites for hydroxylation is 2. The molecule has 1 atom stereocenters. The largest absolute Gasteiger partial charge is 0.466 e. The summed E-state index contributed by atoms with van der Waals surface area (Å²) in [5.41, 5.74) is 0.672. The van der Waals surface area contributed by atoms with E-state index in [4.69, 9.17) is 4.42 Å². The maximum absolute atomic E-state index is 12.7. The van der Waals surface area contributed by atoms with Gasteiger partial charge in [0, 0.05) is 38.8 Å². The Morgan fingerprint density at radius 1 is 1.04 bits per heavy atom. The smallest absolute Gasteiger partial charge is 0.257 e. The molecule has 4 rings (SSSR count). The second-order valence-electron chi connectivity index (χ2n) is 7.89. The first kappa shape index (κ1) is 18.8. The van der Waals surface area contributed by atoms with Crippen LogP contribution in [-0.4, -0.2) is 59.8 Å². The van der Waals surface area contributed by atoms with Gasteiger partial charge in [-0.1, -0.05) is 0 Å². The van der Waals surface area contributed by atoms with Gasteiger partial charge in [0.1, 0.15) is 11.5 Å². The Hall–Kier alpha value is -2.57. The van der Waals surface area contributed by atoms with Gasteiger partial charge in [-0.25, -0.2) is 0 Å². The van der Waals surface area contributed by atoms with Crippen LogP contribution in [0.3, 0.4) is 0 Å². The fourth-order valence-corrected chi connectivity index (χ4v) is 4.23. The number of nitrogens with zero attached hydrogens (tertiary/aromatic N) is 5. The average Bonchev–Trinajstić information content (AvgIpc) is 3.06. The van der Waals surface area contributed by atoms with Crippen LogP contribution in [0.5, 0.6) is 0 Å². The van der Waals surface area contributed by atoms with E-state index >= 15 is 0 Å². The third-order valence-corrected chi connectivity index (χ3v) is 5.90. The zero-order valence-corrected chi connectivity index (χ0v) is 17.0. The van der Waals surface area contributed by atoms with E-state index in [9.17, 15) is 4.79 Å². The monoisotopic (exact) mass is 383 g/mol. The van der Waals surface area contributed by atoms with Crippen molar-refractivity contribution in [3.63, 3.8) is 0 Å². The highest BCUT2D eigenvalue weighted by atomic mass is 16.3. The first-order valence-electron chi connectivity index (χ1n) is 10.2. The van der Waals surface area contributed by atoms with E-state index in [1.54, 1.807) is 0 Å². The minimum atomic E-state index is 0.0505. The Kier molecular flexibility index (Phi) is 5.24. The van der Waals surface area contributed by atoms with E-state index in [1.165, 1.54) is 19.3 Å². The summed E-state index contributed by atoms with van der Waals surface area (Å²) in [5.74, 6) is 3.37. The molecular weight excluding hydrogens is 354 g/mol. The summed E-state index contributed by atoms with van der Waals surface area (Å²) in [7, 11) is 0. The number of anilines is 2. The minimum Gasteiger partial charge on any atom is -0.466 e. The summed E-state index contributed by atoms with van der Waals surface area (Å²) in [5, 5.41) is 8.96. The van der Waals surface area contributed by atoms with Crippen LogP contribution in [0.2, 0.25) is 0 Å². The van der Waals surface area contributed by atoms with Gasteiger partial charge in [-0.3, -0.25) is 4.79 Å². The highest BCUT2D eigenvalue weighted by Crippen LogP contribution is 2.24. The predicted molar refractivity (Wildman–Crippen MR) is 109 cm³/mol. The molecule has 2 aromatic rings. The number of furan rings is 1. The Labute approximate surface area is 166 Å². The summed E-state index contributed by atoms with van der Waals surface area (Å²) in [6.07, 6.45) is 3.73. The Bertz CT molecular complexity index is 824. The van der Waals surface area contributed by atoms with Crippen LogP contribution < -0.4 is 9.80 Å². The molecule has 1 unspecified atom stereocenters. The van der Waals surface area contributed by atoms with E-state index in [0.717, 1.165) is 37.0 Å². The van der Waals surface area contributed by atoms with Crippen molar-refractivity contribution in [3.05, 3.63) is 35.3 Å². The molecular formula is C21H29N5O2. The third kappa shape index (κ3) is 3.70. The van der Waals surface area contributed by atoms with Crippen molar-refractivity contribution in [2.24, 2.45) is 0 Å². The molecule has 2 aliphatic rings. The Balaban J connectivity index is 1.37. The van der Waals surface area contributed by atoms with Crippen LogP contribution in [0.25, 0.3) is 0 Å². The van der Waals surface area contributed by atoms with Gasteiger partial charge in [0.25, 0.3) is 5.91 Å². The Morgan fingerprint density at radius 3 is 2.36 bits per heavy atom. The van der Waals surface area contributed by atoms with Gasteiger partial charge in [-0.05, 0) is 58.2 Å². The van der Waals surface area contributed by atoms with Gasteiger partial charge >= 0.3 is 0 Å². The number of rotatable bonds is 3. The lowest BCUT2D eigenvalue weighted by Crippen LogP contribution is -2.49. The van der Waals surface area contributed by atoms with Crippen molar-refractivity contribution in [2.75, 3.05) is 42.5 Å². The van der Waals surface area contributed by atoms with E-state index < -0.39 is 0 Å². The number of hydrogen-bond acceptors (Lipinski definition) is 6. The molecule has 2 saturated heterocycles. The van der Waals surface area contributed by atoms with Crippen molar-refractivity contribution in [1.29, 1.82) is 0 Å². The molecule has 0 N–H and O–H groups in total. The number of aromatic nitrogens is 2. The fraction of sp³-hybridized carbons (Fsp3) is 0.571. The summed E-state index contributed by atoms with van der Waals surface area (Å²) in [6.45, 7) is 9.90. The zero-order valence-electron chi connectivity index (χ0n) is 17.0. The fourth-order valence-electron chi connectivity index (χ4n) is 4.23. The number of amides is 1. The maximum atomic E-state index is 12.7. The Morgan fingerprint density at radius 2 is 1.75 bits per heavy atom. The predicted octanol–water partition coefficient (Wildman–Crippen LogP) is 3.03. The third-order valence-electron chi connectivity index (χ3n) is 5.90. The molecule has 4 heterocycles. The van der Waals surface area contributed by atoms with Crippen LogP contribution >= 0.6 is 0 Å². The zero-order chi connectivity index (χ0) is 19.7. The van der Waals surface area contributed by atoms with Gasteiger partial charge in [0.05, 0.1) is 5.56 Å². The molecule has 0 aromatic carbocycles. The van der Waals surface area contributed by atoms with Crippen molar-refractivity contribution in [1.82, 2.24) is 15.1 Å². The molecule has 0 bridgehead atoms. The normalized spacial score (nSPS) is 20.5. The quantitative estimate of drug-likeness (QED) is 0.812. The highest BCUT2D eigenvalue weighted by Gasteiger charge is 2.26. The molecule has 150 valence electrons. The lowest BCUT2D eigenvalue weighted by atomic mass is 10.0. The van der Waals surface area contributed by atoms with E-state index in [1.807, 2.05) is 24.8 Å². The van der Waals surface area contributed by atoms with Crippen LogP contribution in [0.4, 0.5) is 11.6 Å². The van der Waals surface area contributed by atoms with E-state index in [2.05, 4.69) is 39.1 Å². The molecule has 2 aromatic heterocycles. The van der Waals surface area contributed by atoms with Crippen molar-refractivity contribution in [2.45, 2.75) is 46.1 Å². The number of carbonyl (C=O) groups is 1. The van der Waals surface area contributed by atoms with Crippen molar-refractivity contribution in [3.8, 4) is 0 Å². The van der Waals surface area contributed by atoms with Crippen LogP contribution in [0.15, 0.2) is 22.6 Å². The molecule has 0 saturated carbocycles. The van der Waals surface area contributed by atoms with Gasteiger partial charge < -0.3 is 19.1 Å². The molecule has 1 amide bonds. The van der Waals surface area contributed by atoms with Crippen LogP contribution in [-0.2, 0) is 0 Å². The molecule has 7 heteroatoms. The topological polar surface area (TPSA) is 65.7 Å². The molecule has 0 radical (unpaired) electrons. The van der Waals surface area contributed by atoms with Gasteiger partial charge in [0.2, 0.25) is 0 Å². The second-order valence-corrected chi connectivity index (χ2v) is 7.89. The second kappa shape index (κ2) is 7.81. The SMILES string of the molecule is Cc1cc(C(=O)N2CCN(c3ccc(N4CCCCC4C)nn3)CC2)c(C)o1. The first-order chi connectivity index (χ1) is 13.5. The standard InChI is InChI=1S/C21H29N5O2/c1-15-6-4-5-9-26(15)20-8-7-19(22-23-20)24-10-12-25(13-11-24)21(27)18-14-16(2)28-17(18)3/h7-8,14-15H,4-6,9-13H2,1-3H3. The summed E-state index contributed by atoms with van der Waals surface area (Å²) in [4.78, 5) is 19.2. The van der Waals surface area contributed by atoms with Crippen LogP contribution in [0.1, 0.15) is 48.1 Å². The van der Waals surface area contributed by atoms with Gasteiger partial charge in [-0.2, -0.15) is 0 Å². The maximum Gasteiger partial charge on any atom is 0.257 e. The number of hydrogen-bond donors (Lipinski definition) is 0. The lowest BCUT2D eigenvalue weighted by Gasteiger charge is -2.36. The number of carbonyl (C=O) groups excluding carboxylic acids is 1. The van der Waals surface area contributed by atoms with E-state index in [-0.39, 0.29) is 5.91 Å². The first-order valence-corrected chi connectivity index (χ1v) is 10.2. The summed E-state index contributed by atoms with van der Waals surface area (Å²) in [6, 6.07) is 6.50. The minimum absolute atomic E-state index is 0.0505. The molecule has 28 heavy (non-hydrogen) atoms.